The summed E-state index contributed by atoms with van der Waals surface area (Å²) >= 11 is 1.53. The van der Waals surface area contributed by atoms with Crippen molar-refractivity contribution in [2.24, 2.45) is 16.8 Å². The Morgan fingerprint density at radius 1 is 0.987 bits per heavy atom. The van der Waals surface area contributed by atoms with Gasteiger partial charge in [0.15, 0.2) is 17.4 Å². The SMILES string of the molecule is [C-]#[N+]c1c2c(nn1CCNC(=O)CCCCCCCCN1CCC([C@H](CC(=O)[C@H](C)NC)C(=O)N3CCC[C@H]3C3=NC(C(=O)c4ccc(F)cc4)CS3)CC1)CN(C)C(=O)c1ccc(C)cc1[C@@H](C)Oc1cc-2cnc1N. The lowest BCUT2D eigenvalue weighted by Crippen LogP contribution is -2.48. The first-order valence-corrected chi connectivity index (χ1v) is 28.4. The molecule has 0 radical (unpaired) electrons. The number of benzene rings is 2. The van der Waals surface area contributed by atoms with Gasteiger partial charge >= 0.3 is 0 Å². The predicted octanol–water partition coefficient (Wildman–Crippen LogP) is 8.38. The Kier molecular flexibility index (Phi) is 19.3. The number of nitrogens with zero attached hydrogens (tertiary/aromatic N) is 8. The quantitative estimate of drug-likeness (QED) is 0.0410. The van der Waals surface area contributed by atoms with Crippen LogP contribution >= 0.6 is 11.8 Å². The maximum absolute atomic E-state index is 14.6. The van der Waals surface area contributed by atoms with Gasteiger partial charge in [-0.1, -0.05) is 50.0 Å². The molecule has 2 bridgehead atoms. The van der Waals surface area contributed by atoms with E-state index in [2.05, 4.69) is 25.4 Å². The average molecular weight is 1070 g/mol. The van der Waals surface area contributed by atoms with Gasteiger partial charge in [-0.2, -0.15) is 4.68 Å². The molecule has 5 atom stereocenters. The number of fused-ring (bicyclic) bond motifs is 5. The number of amides is 3. The van der Waals surface area contributed by atoms with Crippen LogP contribution in [0, 0.1) is 31.1 Å². The first-order chi connectivity index (χ1) is 37.1. The number of aromatic nitrogens is 3. The van der Waals surface area contributed by atoms with E-state index in [4.69, 9.17) is 27.1 Å². The van der Waals surface area contributed by atoms with Crippen LogP contribution in [0.5, 0.6) is 5.75 Å². The van der Waals surface area contributed by atoms with Crippen LogP contribution in [0.25, 0.3) is 16.0 Å². The number of piperidine rings is 1. The van der Waals surface area contributed by atoms with E-state index >= 15 is 0 Å². The summed E-state index contributed by atoms with van der Waals surface area (Å²) in [5.41, 5.74) is 10.6. The van der Waals surface area contributed by atoms with Crippen LogP contribution in [0.15, 0.2) is 59.7 Å². The Morgan fingerprint density at radius 3 is 2.47 bits per heavy atom. The summed E-state index contributed by atoms with van der Waals surface area (Å²) in [6.07, 6.45) is 11.0. The monoisotopic (exact) mass is 1070 g/mol. The van der Waals surface area contributed by atoms with Gasteiger partial charge in [-0.3, -0.25) is 29.0 Å². The molecule has 0 aliphatic carbocycles. The van der Waals surface area contributed by atoms with Crippen LogP contribution < -0.4 is 21.1 Å². The van der Waals surface area contributed by atoms with E-state index < -0.39 is 23.9 Å². The van der Waals surface area contributed by atoms with Crippen LogP contribution in [0.3, 0.4) is 0 Å². The molecule has 4 aromatic rings. The highest BCUT2D eigenvalue weighted by Gasteiger charge is 2.43. The van der Waals surface area contributed by atoms with Crippen LogP contribution in [-0.2, 0) is 27.5 Å². The van der Waals surface area contributed by atoms with Crippen LogP contribution in [0.4, 0.5) is 16.0 Å². The number of nitrogen functional groups attached to an aromatic ring is 1. The number of hydrogen-bond acceptors (Lipinski definition) is 13. The molecule has 4 aliphatic rings. The number of Topliss-reactive ketones (excluding diaryl/α,β-unsaturated/α-hetero) is 2. The molecule has 2 fully saturated rings. The van der Waals surface area contributed by atoms with Crippen molar-refractivity contribution in [1.29, 1.82) is 0 Å². The number of hydrogen-bond donors (Lipinski definition) is 3. The smallest absolute Gasteiger partial charge is 0.260 e. The summed E-state index contributed by atoms with van der Waals surface area (Å²) in [7, 11) is 3.48. The number of carbonyl (C=O) groups excluding carboxylic acids is 5. The second-order valence-corrected chi connectivity index (χ2v) is 22.2. The summed E-state index contributed by atoms with van der Waals surface area (Å²) in [6.45, 7) is 17.8. The third-order valence-electron chi connectivity index (χ3n) is 15.7. The van der Waals surface area contributed by atoms with E-state index in [9.17, 15) is 28.4 Å². The molecule has 2 aromatic carbocycles. The first-order valence-electron chi connectivity index (χ1n) is 27.4. The molecular weight excluding hydrogens is 998 g/mol. The second-order valence-electron chi connectivity index (χ2n) is 21.1. The fourth-order valence-corrected chi connectivity index (χ4v) is 12.3. The highest BCUT2D eigenvalue weighted by Crippen LogP contribution is 2.40. The minimum Gasteiger partial charge on any atom is -0.482 e. The molecule has 4 N–H and O–H groups in total. The number of pyridine rings is 1. The number of unbranched alkanes of at least 4 members (excludes halogenated alkanes) is 5. The van der Waals surface area contributed by atoms with Gasteiger partial charge in [0.2, 0.25) is 11.8 Å². The largest absolute Gasteiger partial charge is 0.482 e. The Bertz CT molecular complexity index is 2860. The van der Waals surface area contributed by atoms with Gasteiger partial charge in [-0.05, 0) is 134 Å². The molecule has 17 nitrogen and oxygen atoms in total. The molecule has 2 aromatic heterocycles. The number of ether oxygens (including phenoxy) is 1. The third kappa shape index (κ3) is 13.8. The zero-order valence-corrected chi connectivity index (χ0v) is 46.0. The Balaban J connectivity index is 0.761. The molecule has 2 saturated heterocycles. The van der Waals surface area contributed by atoms with Gasteiger partial charge in [0.1, 0.15) is 36.0 Å². The summed E-state index contributed by atoms with van der Waals surface area (Å²) in [6, 6.07) is 11.8. The number of likely N-dealkylation sites (tertiary alicyclic amines) is 2. The molecular formula is C58H74FN11O6S. The van der Waals surface area contributed by atoms with Crippen molar-refractivity contribution < 1.29 is 33.1 Å². The number of thioether (sulfide) groups is 1. The van der Waals surface area contributed by atoms with E-state index in [-0.39, 0.29) is 85.0 Å². The summed E-state index contributed by atoms with van der Waals surface area (Å²) in [4.78, 5) is 87.2. The number of aryl methyl sites for hydroxylation is 1. The van der Waals surface area contributed by atoms with E-state index in [0.29, 0.717) is 52.4 Å². The lowest BCUT2D eigenvalue weighted by molar-refractivity contribution is -0.141. The fourth-order valence-electron chi connectivity index (χ4n) is 11.2. The fraction of sp³-hybridized carbons (Fsp3) is 0.534. The number of nitrogens with two attached hydrogens (primary N) is 1. The van der Waals surface area contributed by atoms with Gasteiger partial charge in [-0.25, -0.2) is 9.37 Å². The number of anilines is 1. The molecule has 3 amide bonds. The number of likely N-dealkylation sites (N-methyl/N-ethyl adjacent to an activating group) is 1. The van der Waals surface area contributed by atoms with Crippen LogP contribution in [0.2, 0.25) is 0 Å². The van der Waals surface area contributed by atoms with Gasteiger partial charge in [0, 0.05) is 66.6 Å². The lowest BCUT2D eigenvalue weighted by Gasteiger charge is -2.38. The predicted molar refractivity (Wildman–Crippen MR) is 297 cm³/mol. The van der Waals surface area contributed by atoms with Gasteiger partial charge < -0.3 is 40.6 Å². The molecule has 77 heavy (non-hydrogen) atoms. The van der Waals surface area contributed by atoms with Crippen molar-refractivity contribution in [1.82, 2.24) is 40.1 Å². The standard InChI is InChI=1S/C58H74FN11O6S/c1-36-16-21-43-44(30-36)38(3)76-50-31-41(33-64-54(50)60)52-46(34-67(6)57(43)74)66-70(55(52)62-5)29-24-63-51(72)15-11-9-7-8-10-12-25-68-27-22-39(23-28-68)45(32-49(71)37(2)61-4)58(75)69-26-13-14-48(69)56-65-47(35-77-56)53(73)40-17-19-42(59)20-18-40/h16-21,30-31,33,37-39,45,47-48,61H,7-15,22-29,32,34-35H2,1-4,6H3,(H2,60,64)(H,63,72)/t37-,38+,45-,47?,48-/m0/s1. The summed E-state index contributed by atoms with van der Waals surface area (Å²) in [5, 5.41) is 11.7. The molecule has 410 valence electrons. The van der Waals surface area contributed by atoms with Crippen LogP contribution in [0.1, 0.15) is 135 Å². The molecule has 6 heterocycles. The van der Waals surface area contributed by atoms with Crippen LogP contribution in [-0.4, -0.2) is 134 Å². The number of nitrogens with one attached hydrogen (secondary N) is 2. The lowest BCUT2D eigenvalue weighted by atomic mass is 9.79. The zero-order chi connectivity index (χ0) is 54.8. The minimum atomic E-state index is -0.572. The number of carbonyl (C=O) groups is 5. The van der Waals surface area contributed by atoms with E-state index in [1.165, 1.54) is 36.0 Å². The normalized spacial score (nSPS) is 19.7. The van der Waals surface area contributed by atoms with Gasteiger partial charge in [-0.15, -0.1) is 16.9 Å². The third-order valence-corrected chi connectivity index (χ3v) is 16.9. The molecule has 4 aliphatic heterocycles. The van der Waals surface area contributed by atoms with E-state index in [1.807, 2.05) is 37.8 Å². The number of rotatable bonds is 21. The maximum atomic E-state index is 14.6. The molecule has 8 rings (SSSR count). The summed E-state index contributed by atoms with van der Waals surface area (Å²) < 4.78 is 21.4. The van der Waals surface area contributed by atoms with Crippen molar-refractivity contribution in [2.75, 3.05) is 58.3 Å². The highest BCUT2D eigenvalue weighted by molar-refractivity contribution is 8.14. The summed E-state index contributed by atoms with van der Waals surface area (Å²) in [5.74, 6) is 0.201. The van der Waals surface area contributed by atoms with E-state index in [1.54, 1.807) is 42.0 Å². The van der Waals surface area contributed by atoms with E-state index in [0.717, 1.165) is 100 Å². The second kappa shape index (κ2) is 26.2. The van der Waals surface area contributed by atoms with Crippen molar-refractivity contribution in [2.45, 2.75) is 135 Å². The minimum absolute atomic E-state index is 0.0185. The van der Waals surface area contributed by atoms with Gasteiger partial charge in [0.25, 0.3) is 11.7 Å². The Morgan fingerprint density at radius 2 is 1.73 bits per heavy atom. The molecule has 0 spiro atoms. The van der Waals surface area contributed by atoms with Gasteiger partial charge in [0.05, 0.1) is 30.2 Å². The first kappa shape index (κ1) is 56.7. The number of halogens is 1. The zero-order valence-electron chi connectivity index (χ0n) is 45.2. The molecule has 0 saturated carbocycles. The number of ketones is 2. The number of aliphatic imine (C=N–C) groups is 1. The topological polar surface area (TPSA) is 202 Å². The average Bonchev–Trinajstić information content (AvgIpc) is 4.25. The molecule has 19 heteroatoms. The molecule has 1 unspecified atom stereocenters. The van der Waals surface area contributed by atoms with Crippen molar-refractivity contribution in [3.63, 3.8) is 0 Å². The Labute approximate surface area is 456 Å². The van der Waals surface area contributed by atoms with Crippen molar-refractivity contribution in [3.8, 4) is 16.9 Å². The Hall–Kier alpha value is -6.49. The van der Waals surface area contributed by atoms with Crippen molar-refractivity contribution in [3.05, 3.63) is 99.9 Å². The maximum Gasteiger partial charge on any atom is 0.260 e. The highest BCUT2D eigenvalue weighted by atomic mass is 32.2. The van der Waals surface area contributed by atoms with Crippen molar-refractivity contribution >= 4 is 57.7 Å².